The van der Waals surface area contributed by atoms with Crippen molar-refractivity contribution < 1.29 is 9.90 Å². The van der Waals surface area contributed by atoms with Crippen LogP contribution in [0.4, 0.5) is 5.69 Å². The molecule has 2 radical (unpaired) electrons. The molecule has 6 nitrogen and oxygen atoms in total. The van der Waals surface area contributed by atoms with Gasteiger partial charge in [0.2, 0.25) is 11.8 Å². The Hall–Kier alpha value is -1.96. The lowest BCUT2D eigenvalue weighted by Crippen LogP contribution is -2.16. The molecule has 1 aromatic carbocycles. The molecule has 2 rings (SSSR count). The number of H-pyrrole nitrogens is 2. The zero-order valence-electron chi connectivity index (χ0n) is 9.66. The second-order valence-corrected chi connectivity index (χ2v) is 4.72. The number of rotatable bonds is 3. The monoisotopic (exact) mass is 321 g/mol. The van der Waals surface area contributed by atoms with Gasteiger partial charge in [-0.2, -0.15) is 0 Å². The van der Waals surface area contributed by atoms with Crippen molar-refractivity contribution in [2.24, 2.45) is 0 Å². The molecule has 0 saturated carbocycles. The van der Waals surface area contributed by atoms with E-state index in [4.69, 9.17) is 7.85 Å². The minimum Gasteiger partial charge on any atom is -0.493 e. The fraction of sp³-hybridized carbons (Fsp3) is 0.0909. The summed E-state index contributed by atoms with van der Waals surface area (Å²) in [5, 5.41) is 12.0. The minimum atomic E-state index is -0.561. The lowest BCUT2D eigenvalue weighted by atomic mass is 9.96. The van der Waals surface area contributed by atoms with Crippen LogP contribution < -0.4 is 16.5 Å². The number of hydrogen-bond acceptors (Lipinski definition) is 3. The summed E-state index contributed by atoms with van der Waals surface area (Å²) in [5.74, 6) is -0.715. The third-order valence-corrected chi connectivity index (χ3v) is 3.04. The summed E-state index contributed by atoms with van der Waals surface area (Å²) in [4.78, 5) is 27.2. The predicted octanol–water partition coefficient (Wildman–Crippen LogP) is 0.146. The first-order valence-corrected chi connectivity index (χ1v) is 6.10. The van der Waals surface area contributed by atoms with Crippen molar-refractivity contribution in [1.29, 1.82) is 0 Å². The van der Waals surface area contributed by atoms with Gasteiger partial charge in [0.05, 0.1) is 17.8 Å². The van der Waals surface area contributed by atoms with E-state index in [1.807, 2.05) is 0 Å². The maximum absolute atomic E-state index is 11.8. The van der Waals surface area contributed by atoms with Gasteiger partial charge in [0.25, 0.3) is 0 Å². The summed E-state index contributed by atoms with van der Waals surface area (Å²) in [5.41, 5.74) is 0.692. The number of imidazole rings is 1. The number of halogens is 1. The van der Waals surface area contributed by atoms with E-state index in [1.54, 1.807) is 18.2 Å². The van der Waals surface area contributed by atoms with Gasteiger partial charge in [0, 0.05) is 4.47 Å². The summed E-state index contributed by atoms with van der Waals surface area (Å²) >= 11 is 3.27. The number of aromatic hydroxyl groups is 1. The van der Waals surface area contributed by atoms with Crippen LogP contribution in [0.3, 0.4) is 0 Å². The topological polar surface area (TPSA) is 98.0 Å². The normalized spacial score (nSPS) is 10.4. The summed E-state index contributed by atoms with van der Waals surface area (Å²) in [6.45, 7) is 0. The molecule has 0 saturated heterocycles. The number of aromatic amines is 2. The van der Waals surface area contributed by atoms with Crippen molar-refractivity contribution in [3.05, 3.63) is 38.9 Å². The van der Waals surface area contributed by atoms with Crippen LogP contribution in [-0.4, -0.2) is 28.8 Å². The van der Waals surface area contributed by atoms with Crippen LogP contribution >= 0.6 is 15.9 Å². The first kappa shape index (κ1) is 13.5. The lowest BCUT2D eigenvalue weighted by Gasteiger charge is -2.07. The van der Waals surface area contributed by atoms with Crippen LogP contribution in [0.2, 0.25) is 0 Å². The van der Waals surface area contributed by atoms with E-state index in [9.17, 15) is 14.7 Å². The van der Waals surface area contributed by atoms with Crippen LogP contribution in [0.5, 0.6) is 5.88 Å². The van der Waals surface area contributed by atoms with Gasteiger partial charge >= 0.3 is 5.69 Å². The highest BCUT2D eigenvalue weighted by molar-refractivity contribution is 9.10. The smallest absolute Gasteiger partial charge is 0.325 e. The van der Waals surface area contributed by atoms with Gasteiger partial charge in [0.1, 0.15) is 7.85 Å². The van der Waals surface area contributed by atoms with Gasteiger partial charge in [-0.1, -0.05) is 17.6 Å². The average molecular weight is 322 g/mol. The maximum atomic E-state index is 11.8. The lowest BCUT2D eigenvalue weighted by molar-refractivity contribution is -0.115. The van der Waals surface area contributed by atoms with Gasteiger partial charge < -0.3 is 15.4 Å². The van der Waals surface area contributed by atoms with E-state index < -0.39 is 5.69 Å². The van der Waals surface area contributed by atoms with Gasteiger partial charge in [-0.3, -0.25) is 9.78 Å². The van der Waals surface area contributed by atoms with Crippen LogP contribution in [0.25, 0.3) is 0 Å². The van der Waals surface area contributed by atoms with Crippen LogP contribution in [0, 0.1) is 0 Å². The highest BCUT2D eigenvalue weighted by atomic mass is 79.9. The number of amides is 1. The molecule has 19 heavy (non-hydrogen) atoms. The van der Waals surface area contributed by atoms with Crippen LogP contribution in [-0.2, 0) is 11.2 Å². The Balaban J connectivity index is 2.09. The zero-order valence-corrected chi connectivity index (χ0v) is 11.2. The Morgan fingerprint density at radius 2 is 2.16 bits per heavy atom. The third kappa shape index (κ3) is 3.28. The third-order valence-electron chi connectivity index (χ3n) is 2.39. The Kier molecular flexibility index (Phi) is 3.80. The molecule has 8 heteroatoms. The minimum absolute atomic E-state index is 0.133. The fourth-order valence-corrected chi connectivity index (χ4v) is 2.02. The maximum Gasteiger partial charge on any atom is 0.325 e. The molecule has 0 bridgehead atoms. The molecular weight excluding hydrogens is 313 g/mol. The van der Waals surface area contributed by atoms with E-state index in [2.05, 4.69) is 31.2 Å². The Labute approximate surface area is 117 Å². The summed E-state index contributed by atoms with van der Waals surface area (Å²) in [7, 11) is 5.58. The summed E-state index contributed by atoms with van der Waals surface area (Å²) < 4.78 is 0.646. The van der Waals surface area contributed by atoms with E-state index in [1.165, 1.54) is 0 Å². The molecule has 96 valence electrons. The molecule has 1 aromatic heterocycles. The zero-order chi connectivity index (χ0) is 14.0. The van der Waals surface area contributed by atoms with Crippen molar-refractivity contribution in [2.45, 2.75) is 6.42 Å². The molecule has 0 atom stereocenters. The van der Waals surface area contributed by atoms with Crippen molar-refractivity contribution in [3.63, 3.8) is 0 Å². The molecule has 4 N–H and O–H groups in total. The van der Waals surface area contributed by atoms with Crippen molar-refractivity contribution in [3.8, 4) is 5.88 Å². The molecule has 1 amide bonds. The first-order chi connectivity index (χ1) is 8.95. The van der Waals surface area contributed by atoms with E-state index in [0.717, 1.165) is 0 Å². The number of carbonyl (C=O) groups excluding carboxylic acids is 1. The first-order valence-electron chi connectivity index (χ1n) is 5.30. The van der Waals surface area contributed by atoms with Gasteiger partial charge in [-0.15, -0.1) is 0 Å². The second kappa shape index (κ2) is 5.35. The van der Waals surface area contributed by atoms with E-state index in [-0.39, 0.29) is 23.9 Å². The molecule has 0 aliphatic heterocycles. The Morgan fingerprint density at radius 1 is 1.42 bits per heavy atom. The molecule has 0 spiro atoms. The highest BCUT2D eigenvalue weighted by Crippen LogP contribution is 2.20. The Bertz CT molecular complexity index is 680. The quantitative estimate of drug-likeness (QED) is 0.605. The standard InChI is InChI=1S/C11H9BBrN3O3/c12-5-1-2-7(6(13)3-5)14-9(17)4-8-10(18)16-11(19)15-8/h1-3,18H,4H2,(H,14,17)(H2,15,16,19). The number of benzene rings is 1. The molecule has 0 aliphatic rings. The summed E-state index contributed by atoms with van der Waals surface area (Å²) in [6.07, 6.45) is -0.151. The fourth-order valence-electron chi connectivity index (χ4n) is 1.53. The molecule has 0 fully saturated rings. The van der Waals surface area contributed by atoms with E-state index >= 15 is 0 Å². The van der Waals surface area contributed by atoms with Gasteiger partial charge in [-0.25, -0.2) is 4.79 Å². The Morgan fingerprint density at radius 3 is 2.74 bits per heavy atom. The van der Waals surface area contributed by atoms with Gasteiger partial charge in [0.15, 0.2) is 0 Å². The summed E-state index contributed by atoms with van der Waals surface area (Å²) in [6, 6.07) is 4.96. The van der Waals surface area contributed by atoms with Crippen LogP contribution in [0.1, 0.15) is 5.69 Å². The number of carbonyl (C=O) groups is 1. The molecule has 2 aromatic rings. The van der Waals surface area contributed by atoms with Gasteiger partial charge in [-0.05, 0) is 22.0 Å². The largest absolute Gasteiger partial charge is 0.493 e. The number of anilines is 1. The molecular formula is C11H9BBrN3O3. The molecule has 1 heterocycles. The van der Waals surface area contributed by atoms with E-state index in [0.29, 0.717) is 15.6 Å². The van der Waals surface area contributed by atoms with Crippen LogP contribution in [0.15, 0.2) is 27.5 Å². The number of nitrogens with one attached hydrogen (secondary N) is 3. The number of hydrogen-bond donors (Lipinski definition) is 4. The van der Waals surface area contributed by atoms with Crippen molar-refractivity contribution >= 4 is 40.8 Å². The average Bonchev–Trinajstić information content (AvgIpc) is 2.61. The SMILES string of the molecule is [B]c1ccc(NC(=O)Cc2[nH]c(=O)[nH]c2O)c(Br)c1. The molecule has 0 unspecified atom stereocenters. The highest BCUT2D eigenvalue weighted by Gasteiger charge is 2.12. The second-order valence-electron chi connectivity index (χ2n) is 3.87. The van der Waals surface area contributed by atoms with Crippen molar-refractivity contribution in [1.82, 2.24) is 9.97 Å². The number of aromatic nitrogens is 2. The predicted molar refractivity (Wildman–Crippen MR) is 74.9 cm³/mol. The van der Waals surface area contributed by atoms with Crippen molar-refractivity contribution in [2.75, 3.05) is 5.32 Å². The molecule has 0 aliphatic carbocycles.